The van der Waals surface area contributed by atoms with Crippen molar-refractivity contribution in [1.82, 2.24) is 9.97 Å². The van der Waals surface area contributed by atoms with Gasteiger partial charge in [0, 0.05) is 17.5 Å². The number of nitrogens with one attached hydrogen (secondary N) is 1. The molecule has 0 fully saturated rings. The summed E-state index contributed by atoms with van der Waals surface area (Å²) >= 11 is 0. The lowest BCUT2D eigenvalue weighted by molar-refractivity contribution is 0.414. The van der Waals surface area contributed by atoms with Gasteiger partial charge in [-0.15, -0.1) is 0 Å². The standard InChI is InChI=1S/C22H19N3O/c1-26-18-11-7-8-16(14-18)15-23-22-19-12-5-6-13-20(19)24-21(25-22)17-9-3-2-4-10-17/h2-14H,15H2,1H3,(H,23,24,25). The van der Waals surface area contributed by atoms with Gasteiger partial charge in [0.25, 0.3) is 0 Å². The quantitative estimate of drug-likeness (QED) is 0.560. The van der Waals surface area contributed by atoms with Gasteiger partial charge in [0.05, 0.1) is 12.6 Å². The van der Waals surface area contributed by atoms with E-state index in [1.165, 1.54) is 0 Å². The minimum atomic E-state index is 0.659. The van der Waals surface area contributed by atoms with Crippen LogP contribution in [0.1, 0.15) is 5.56 Å². The first-order chi connectivity index (χ1) is 12.8. The molecular formula is C22H19N3O. The summed E-state index contributed by atoms with van der Waals surface area (Å²) in [5.41, 5.74) is 3.06. The summed E-state index contributed by atoms with van der Waals surface area (Å²) in [5, 5.41) is 4.47. The van der Waals surface area contributed by atoms with E-state index in [2.05, 4.69) is 11.4 Å². The molecule has 0 atom stereocenters. The second-order valence-electron chi connectivity index (χ2n) is 5.98. The molecule has 0 unspecified atom stereocenters. The van der Waals surface area contributed by atoms with Crippen LogP contribution >= 0.6 is 0 Å². The lowest BCUT2D eigenvalue weighted by Gasteiger charge is -2.11. The van der Waals surface area contributed by atoms with Crippen molar-refractivity contribution in [2.45, 2.75) is 6.54 Å². The molecule has 4 aromatic rings. The van der Waals surface area contributed by atoms with Crippen LogP contribution in [0.4, 0.5) is 5.82 Å². The average molecular weight is 341 g/mol. The lowest BCUT2D eigenvalue weighted by atomic mass is 10.1. The van der Waals surface area contributed by atoms with Gasteiger partial charge in [0.15, 0.2) is 5.82 Å². The highest BCUT2D eigenvalue weighted by Crippen LogP contribution is 2.25. The molecule has 4 nitrogen and oxygen atoms in total. The van der Waals surface area contributed by atoms with Gasteiger partial charge in [-0.05, 0) is 29.8 Å². The number of benzene rings is 3. The molecule has 0 aliphatic heterocycles. The van der Waals surface area contributed by atoms with Crippen molar-refractivity contribution in [3.05, 3.63) is 84.4 Å². The summed E-state index contributed by atoms with van der Waals surface area (Å²) in [6.07, 6.45) is 0. The maximum Gasteiger partial charge on any atom is 0.162 e. The fourth-order valence-electron chi connectivity index (χ4n) is 2.90. The molecule has 0 radical (unpaired) electrons. The van der Waals surface area contributed by atoms with Crippen molar-refractivity contribution < 1.29 is 4.74 Å². The van der Waals surface area contributed by atoms with Crippen LogP contribution in [0.25, 0.3) is 22.3 Å². The molecule has 128 valence electrons. The van der Waals surface area contributed by atoms with Crippen LogP contribution in [0.3, 0.4) is 0 Å². The van der Waals surface area contributed by atoms with Crippen LogP contribution in [0.15, 0.2) is 78.9 Å². The van der Waals surface area contributed by atoms with E-state index in [0.717, 1.165) is 39.4 Å². The molecule has 0 saturated heterocycles. The van der Waals surface area contributed by atoms with Gasteiger partial charge >= 0.3 is 0 Å². The van der Waals surface area contributed by atoms with Gasteiger partial charge < -0.3 is 10.1 Å². The predicted molar refractivity (Wildman–Crippen MR) is 105 cm³/mol. The zero-order valence-corrected chi connectivity index (χ0v) is 14.5. The first-order valence-electron chi connectivity index (χ1n) is 8.52. The normalized spacial score (nSPS) is 10.7. The number of aromatic nitrogens is 2. The van der Waals surface area contributed by atoms with Crippen LogP contribution in [-0.4, -0.2) is 17.1 Å². The van der Waals surface area contributed by atoms with E-state index < -0.39 is 0 Å². The van der Waals surface area contributed by atoms with Gasteiger partial charge in [0.2, 0.25) is 0 Å². The molecule has 4 heteroatoms. The van der Waals surface area contributed by atoms with Crippen molar-refractivity contribution in [1.29, 1.82) is 0 Å². The Balaban J connectivity index is 1.71. The van der Waals surface area contributed by atoms with Crippen molar-refractivity contribution in [2.24, 2.45) is 0 Å². The van der Waals surface area contributed by atoms with Crippen LogP contribution in [0.2, 0.25) is 0 Å². The Labute approximate surface area is 152 Å². The monoisotopic (exact) mass is 341 g/mol. The summed E-state index contributed by atoms with van der Waals surface area (Å²) < 4.78 is 5.30. The smallest absolute Gasteiger partial charge is 0.162 e. The van der Waals surface area contributed by atoms with E-state index in [9.17, 15) is 0 Å². The van der Waals surface area contributed by atoms with E-state index in [1.807, 2.05) is 72.8 Å². The van der Waals surface area contributed by atoms with Crippen molar-refractivity contribution in [2.75, 3.05) is 12.4 Å². The fraction of sp³-hybridized carbons (Fsp3) is 0.0909. The SMILES string of the molecule is COc1cccc(CNc2nc(-c3ccccc3)nc3ccccc23)c1. The number of ether oxygens (including phenoxy) is 1. The van der Waals surface area contributed by atoms with Crippen LogP contribution in [-0.2, 0) is 6.54 Å². The van der Waals surface area contributed by atoms with E-state index in [-0.39, 0.29) is 0 Å². The zero-order chi connectivity index (χ0) is 17.8. The second kappa shape index (κ2) is 7.23. The fourth-order valence-corrected chi connectivity index (χ4v) is 2.90. The number of nitrogens with zero attached hydrogens (tertiary/aromatic N) is 2. The Morgan fingerprint density at radius 1 is 0.846 bits per heavy atom. The Hall–Kier alpha value is -3.40. The molecule has 4 rings (SSSR count). The van der Waals surface area contributed by atoms with Crippen molar-refractivity contribution in [3.8, 4) is 17.1 Å². The van der Waals surface area contributed by atoms with Gasteiger partial charge in [-0.3, -0.25) is 0 Å². The molecule has 0 saturated carbocycles. The molecule has 1 aromatic heterocycles. The number of hydrogen-bond donors (Lipinski definition) is 1. The molecule has 1 N–H and O–H groups in total. The maximum absolute atomic E-state index is 5.30. The van der Waals surface area contributed by atoms with Crippen molar-refractivity contribution >= 4 is 16.7 Å². The average Bonchev–Trinajstić information content (AvgIpc) is 2.72. The minimum absolute atomic E-state index is 0.659. The van der Waals surface area contributed by atoms with Crippen molar-refractivity contribution in [3.63, 3.8) is 0 Å². The molecule has 0 aliphatic rings. The number of hydrogen-bond acceptors (Lipinski definition) is 4. The summed E-state index contributed by atoms with van der Waals surface area (Å²) in [6.45, 7) is 0.659. The van der Waals surface area contributed by atoms with E-state index in [4.69, 9.17) is 14.7 Å². The van der Waals surface area contributed by atoms with Gasteiger partial charge in [-0.2, -0.15) is 0 Å². The topological polar surface area (TPSA) is 47.0 Å². The third-order valence-corrected chi connectivity index (χ3v) is 4.23. The Bertz CT molecular complexity index is 1030. The molecule has 1 heterocycles. The number of rotatable bonds is 5. The first-order valence-corrected chi connectivity index (χ1v) is 8.52. The third kappa shape index (κ3) is 3.35. The molecule has 0 bridgehead atoms. The number of anilines is 1. The number of fused-ring (bicyclic) bond motifs is 1. The highest BCUT2D eigenvalue weighted by molar-refractivity contribution is 5.90. The zero-order valence-electron chi connectivity index (χ0n) is 14.5. The molecule has 0 spiro atoms. The summed E-state index contributed by atoms with van der Waals surface area (Å²) in [4.78, 5) is 9.49. The molecule has 26 heavy (non-hydrogen) atoms. The summed E-state index contributed by atoms with van der Waals surface area (Å²) in [6, 6.07) is 26.1. The minimum Gasteiger partial charge on any atom is -0.497 e. The highest BCUT2D eigenvalue weighted by atomic mass is 16.5. The maximum atomic E-state index is 5.30. The summed E-state index contributed by atoms with van der Waals surface area (Å²) in [5.74, 6) is 2.40. The summed E-state index contributed by atoms with van der Waals surface area (Å²) in [7, 11) is 1.68. The Morgan fingerprint density at radius 3 is 2.50 bits per heavy atom. The Morgan fingerprint density at radius 2 is 1.65 bits per heavy atom. The Kier molecular flexibility index (Phi) is 4.48. The number of methoxy groups -OCH3 is 1. The highest BCUT2D eigenvalue weighted by Gasteiger charge is 2.09. The third-order valence-electron chi connectivity index (χ3n) is 4.23. The lowest BCUT2D eigenvalue weighted by Crippen LogP contribution is -2.04. The van der Waals surface area contributed by atoms with E-state index in [1.54, 1.807) is 7.11 Å². The predicted octanol–water partition coefficient (Wildman–Crippen LogP) is 4.92. The molecule has 3 aromatic carbocycles. The van der Waals surface area contributed by atoms with Gasteiger partial charge in [-0.25, -0.2) is 9.97 Å². The van der Waals surface area contributed by atoms with Gasteiger partial charge in [-0.1, -0.05) is 54.6 Å². The molecular weight excluding hydrogens is 322 g/mol. The second-order valence-corrected chi connectivity index (χ2v) is 5.98. The van der Waals surface area contributed by atoms with E-state index in [0.29, 0.717) is 6.54 Å². The van der Waals surface area contributed by atoms with Crippen LogP contribution in [0.5, 0.6) is 5.75 Å². The van der Waals surface area contributed by atoms with Crippen LogP contribution in [0, 0.1) is 0 Å². The largest absolute Gasteiger partial charge is 0.497 e. The molecule has 0 amide bonds. The molecule has 0 aliphatic carbocycles. The van der Waals surface area contributed by atoms with E-state index >= 15 is 0 Å². The van der Waals surface area contributed by atoms with Crippen LogP contribution < -0.4 is 10.1 Å². The number of para-hydroxylation sites is 1. The first kappa shape index (κ1) is 16.1. The van der Waals surface area contributed by atoms with Gasteiger partial charge in [0.1, 0.15) is 11.6 Å².